The highest BCUT2D eigenvalue weighted by atomic mass is 32.1. The number of aryl methyl sites for hydroxylation is 3. The van der Waals surface area contributed by atoms with Crippen molar-refractivity contribution in [1.29, 1.82) is 0 Å². The number of carbonyl (C=O) groups is 1. The van der Waals surface area contributed by atoms with Gasteiger partial charge in [0, 0.05) is 4.88 Å². The van der Waals surface area contributed by atoms with Crippen LogP contribution in [0.15, 0.2) is 29.1 Å². The molecule has 134 valence electrons. The lowest BCUT2D eigenvalue weighted by atomic mass is 10.1. The second-order valence-corrected chi connectivity index (χ2v) is 7.22. The zero-order valence-corrected chi connectivity index (χ0v) is 16.0. The second kappa shape index (κ2) is 7.25. The van der Waals surface area contributed by atoms with Crippen molar-refractivity contribution in [2.75, 3.05) is 6.61 Å². The fourth-order valence-corrected chi connectivity index (χ4v) is 3.75. The molecule has 0 aliphatic heterocycles. The van der Waals surface area contributed by atoms with E-state index in [4.69, 9.17) is 4.74 Å². The van der Waals surface area contributed by atoms with Gasteiger partial charge in [0.1, 0.15) is 16.2 Å². The van der Waals surface area contributed by atoms with Crippen molar-refractivity contribution in [1.82, 2.24) is 9.97 Å². The highest BCUT2D eigenvalue weighted by Crippen LogP contribution is 2.27. The maximum Gasteiger partial charge on any atom is 0.341 e. The molecular formula is C20H20N2O3S. The minimum absolute atomic E-state index is 0.227. The quantitative estimate of drug-likeness (QED) is 0.558. The maximum absolute atomic E-state index is 12.6. The van der Waals surface area contributed by atoms with Crippen LogP contribution in [0.1, 0.15) is 34.3 Å². The first-order chi connectivity index (χ1) is 12.4. The lowest BCUT2D eigenvalue weighted by Gasteiger charge is -2.08. The molecular weight excluding hydrogens is 348 g/mol. The highest BCUT2D eigenvalue weighted by Gasteiger charge is 2.19. The number of thiophene rings is 1. The van der Waals surface area contributed by atoms with Gasteiger partial charge in [-0.3, -0.25) is 4.79 Å². The SMILES string of the molecule is CCOC(=O)/C(=C\c1ccccc1C)c1nc2sc(C)c(C)c2c(=O)[nH]1. The number of ether oxygens (including phenoxy) is 1. The molecule has 2 aromatic heterocycles. The van der Waals surface area contributed by atoms with E-state index in [1.807, 2.05) is 45.0 Å². The average Bonchev–Trinajstić information content (AvgIpc) is 2.89. The van der Waals surface area contributed by atoms with Gasteiger partial charge < -0.3 is 9.72 Å². The smallest absolute Gasteiger partial charge is 0.341 e. The first kappa shape index (κ1) is 18.1. The fourth-order valence-electron chi connectivity index (χ4n) is 2.72. The molecule has 5 nitrogen and oxygen atoms in total. The van der Waals surface area contributed by atoms with Crippen molar-refractivity contribution in [3.63, 3.8) is 0 Å². The van der Waals surface area contributed by atoms with E-state index in [2.05, 4.69) is 9.97 Å². The Bertz CT molecular complexity index is 1080. The standard InChI is InChI=1S/C20H20N2O3S/c1-5-25-20(24)15(10-14-9-7-6-8-11(14)2)17-21-18(23)16-12(3)13(4)26-19(16)22-17/h6-10H,5H2,1-4H3,(H,21,22,23)/b15-10-. The van der Waals surface area contributed by atoms with Gasteiger partial charge in [0.15, 0.2) is 0 Å². The van der Waals surface area contributed by atoms with Gasteiger partial charge in [0.25, 0.3) is 5.56 Å². The normalized spacial score (nSPS) is 11.8. The molecule has 1 aromatic carbocycles. The van der Waals surface area contributed by atoms with Crippen molar-refractivity contribution >= 4 is 39.2 Å². The lowest BCUT2D eigenvalue weighted by Crippen LogP contribution is -2.15. The molecule has 0 spiro atoms. The number of benzene rings is 1. The van der Waals surface area contributed by atoms with Crippen LogP contribution in [0, 0.1) is 20.8 Å². The molecule has 6 heteroatoms. The number of aromatic amines is 1. The van der Waals surface area contributed by atoms with Crippen molar-refractivity contribution < 1.29 is 9.53 Å². The Morgan fingerprint density at radius 1 is 1.27 bits per heavy atom. The van der Waals surface area contributed by atoms with Crippen LogP contribution in [0.25, 0.3) is 21.9 Å². The van der Waals surface area contributed by atoms with Gasteiger partial charge in [0.05, 0.1) is 12.0 Å². The van der Waals surface area contributed by atoms with Gasteiger partial charge in [-0.2, -0.15) is 0 Å². The summed E-state index contributed by atoms with van der Waals surface area (Å²) in [5.74, 6) is -0.284. The van der Waals surface area contributed by atoms with Gasteiger partial charge in [-0.05, 0) is 50.5 Å². The molecule has 2 heterocycles. The largest absolute Gasteiger partial charge is 0.462 e. The van der Waals surface area contributed by atoms with Gasteiger partial charge in [-0.25, -0.2) is 9.78 Å². The number of aromatic nitrogens is 2. The summed E-state index contributed by atoms with van der Waals surface area (Å²) < 4.78 is 5.19. The Balaban J connectivity index is 2.23. The molecule has 0 saturated heterocycles. The molecule has 0 atom stereocenters. The van der Waals surface area contributed by atoms with Gasteiger partial charge in [-0.15, -0.1) is 11.3 Å². The van der Waals surface area contributed by atoms with Crippen LogP contribution in [0.5, 0.6) is 0 Å². The topological polar surface area (TPSA) is 72.0 Å². The number of nitrogens with one attached hydrogen (secondary N) is 1. The number of hydrogen-bond acceptors (Lipinski definition) is 5. The number of H-pyrrole nitrogens is 1. The molecule has 0 saturated carbocycles. The summed E-state index contributed by atoms with van der Waals surface area (Å²) in [5, 5.41) is 0.579. The third-order valence-electron chi connectivity index (χ3n) is 4.28. The van der Waals surface area contributed by atoms with Crippen molar-refractivity contribution in [2.45, 2.75) is 27.7 Å². The van der Waals surface area contributed by atoms with Crippen LogP contribution in [-0.2, 0) is 9.53 Å². The summed E-state index contributed by atoms with van der Waals surface area (Å²) in [7, 11) is 0. The van der Waals surface area contributed by atoms with E-state index in [0.717, 1.165) is 21.6 Å². The predicted molar refractivity (Wildman–Crippen MR) is 105 cm³/mol. The molecule has 3 rings (SSSR count). The van der Waals surface area contributed by atoms with Crippen molar-refractivity contribution in [3.05, 3.63) is 62.0 Å². The van der Waals surface area contributed by atoms with E-state index in [0.29, 0.717) is 10.2 Å². The predicted octanol–water partition coefficient (Wildman–Crippen LogP) is 4.01. The van der Waals surface area contributed by atoms with E-state index in [9.17, 15) is 9.59 Å². The van der Waals surface area contributed by atoms with Crippen LogP contribution in [0.4, 0.5) is 0 Å². The number of esters is 1. The Morgan fingerprint density at radius 3 is 2.69 bits per heavy atom. The number of nitrogens with zero attached hydrogens (tertiary/aromatic N) is 1. The van der Waals surface area contributed by atoms with Crippen LogP contribution in [-0.4, -0.2) is 22.5 Å². The zero-order valence-electron chi connectivity index (χ0n) is 15.2. The molecule has 1 N–H and O–H groups in total. The van der Waals surface area contributed by atoms with Gasteiger partial charge in [-0.1, -0.05) is 24.3 Å². The summed E-state index contributed by atoms with van der Waals surface area (Å²) in [6.07, 6.45) is 1.71. The van der Waals surface area contributed by atoms with Crippen molar-refractivity contribution in [3.8, 4) is 0 Å². The van der Waals surface area contributed by atoms with E-state index >= 15 is 0 Å². The molecule has 0 aliphatic rings. The van der Waals surface area contributed by atoms with Crippen LogP contribution < -0.4 is 5.56 Å². The van der Waals surface area contributed by atoms with E-state index in [1.165, 1.54) is 11.3 Å². The monoisotopic (exact) mass is 368 g/mol. The molecule has 0 aliphatic carbocycles. The summed E-state index contributed by atoms with van der Waals surface area (Å²) in [6, 6.07) is 7.69. The minimum atomic E-state index is -0.511. The summed E-state index contributed by atoms with van der Waals surface area (Å²) in [5.41, 5.74) is 2.80. The lowest BCUT2D eigenvalue weighted by molar-refractivity contribution is -0.136. The van der Waals surface area contributed by atoms with E-state index in [-0.39, 0.29) is 23.6 Å². The molecule has 0 amide bonds. The third kappa shape index (κ3) is 3.32. The Labute approximate surface area is 155 Å². The summed E-state index contributed by atoms with van der Waals surface area (Å²) in [6.45, 7) is 7.80. The Morgan fingerprint density at radius 2 is 2.00 bits per heavy atom. The molecule has 26 heavy (non-hydrogen) atoms. The third-order valence-corrected chi connectivity index (χ3v) is 5.38. The second-order valence-electron chi connectivity index (χ2n) is 6.01. The maximum atomic E-state index is 12.6. The summed E-state index contributed by atoms with van der Waals surface area (Å²) in [4.78, 5) is 34.1. The van der Waals surface area contributed by atoms with Gasteiger partial charge >= 0.3 is 5.97 Å². The highest BCUT2D eigenvalue weighted by molar-refractivity contribution is 7.18. The zero-order chi connectivity index (χ0) is 18.8. The van der Waals surface area contributed by atoms with Crippen LogP contribution in [0.2, 0.25) is 0 Å². The summed E-state index contributed by atoms with van der Waals surface area (Å²) >= 11 is 1.45. The van der Waals surface area contributed by atoms with Crippen LogP contribution >= 0.6 is 11.3 Å². The van der Waals surface area contributed by atoms with E-state index in [1.54, 1.807) is 13.0 Å². The number of rotatable bonds is 4. The molecule has 0 unspecified atom stereocenters. The van der Waals surface area contributed by atoms with Crippen molar-refractivity contribution in [2.24, 2.45) is 0 Å². The minimum Gasteiger partial charge on any atom is -0.462 e. The fraction of sp³-hybridized carbons (Fsp3) is 0.250. The van der Waals surface area contributed by atoms with E-state index < -0.39 is 5.97 Å². The number of carbonyl (C=O) groups excluding carboxylic acids is 1. The molecule has 0 fully saturated rings. The molecule has 0 radical (unpaired) electrons. The number of fused-ring (bicyclic) bond motifs is 1. The Kier molecular flexibility index (Phi) is 5.04. The number of hydrogen-bond donors (Lipinski definition) is 1. The first-order valence-corrected chi connectivity index (χ1v) is 9.18. The molecule has 3 aromatic rings. The van der Waals surface area contributed by atoms with Crippen LogP contribution in [0.3, 0.4) is 0 Å². The first-order valence-electron chi connectivity index (χ1n) is 8.37. The Hall–Kier alpha value is -2.73. The van der Waals surface area contributed by atoms with Gasteiger partial charge in [0.2, 0.25) is 0 Å². The molecule has 0 bridgehead atoms. The average molecular weight is 368 g/mol.